The van der Waals surface area contributed by atoms with Gasteiger partial charge < -0.3 is 0 Å². The number of carbonyl (C=O) groups is 1. The Morgan fingerprint density at radius 2 is 2.12 bits per heavy atom. The number of aromatic nitrogens is 3. The Morgan fingerprint density at radius 3 is 2.92 bits per heavy atom. The number of hydrogen-bond donors (Lipinski definition) is 1. The van der Waals surface area contributed by atoms with Gasteiger partial charge in [-0.3, -0.25) is 19.4 Å². The highest BCUT2D eigenvalue weighted by Crippen LogP contribution is 2.26. The minimum Gasteiger partial charge on any atom is -0.289 e. The van der Waals surface area contributed by atoms with Crippen LogP contribution in [0.4, 0.5) is 0 Å². The zero-order chi connectivity index (χ0) is 17.7. The molecule has 0 saturated carbocycles. The van der Waals surface area contributed by atoms with Crippen LogP contribution in [0.15, 0.2) is 48.8 Å². The van der Waals surface area contributed by atoms with Gasteiger partial charge in [-0.15, -0.1) is 0 Å². The monoisotopic (exact) mass is 365 g/mol. The first-order chi connectivity index (χ1) is 12.7. The smallest absolute Gasteiger partial charge is 0.258 e. The average molecular weight is 365 g/mol. The molecule has 7 nitrogen and oxygen atoms in total. The van der Waals surface area contributed by atoms with E-state index in [4.69, 9.17) is 0 Å². The van der Waals surface area contributed by atoms with Crippen molar-refractivity contribution in [2.75, 3.05) is 0 Å². The molecule has 5 rings (SSSR count). The molecule has 3 aromatic rings. The highest BCUT2D eigenvalue weighted by Gasteiger charge is 2.27. The van der Waals surface area contributed by atoms with Gasteiger partial charge in [0.25, 0.3) is 5.91 Å². The second-order valence-electron chi connectivity index (χ2n) is 6.44. The SMILES string of the molecule is O=C1C=C(n2cc3c(n2)CN(Cc2cnc4ccccc4c2)C3)S(=O)N1. The van der Waals surface area contributed by atoms with Crippen molar-refractivity contribution < 1.29 is 9.00 Å². The van der Waals surface area contributed by atoms with Crippen LogP contribution < -0.4 is 4.72 Å². The number of fused-ring (bicyclic) bond motifs is 2. The molecule has 1 amide bonds. The van der Waals surface area contributed by atoms with Crippen LogP contribution in [0.2, 0.25) is 0 Å². The Morgan fingerprint density at radius 1 is 1.23 bits per heavy atom. The van der Waals surface area contributed by atoms with Crippen LogP contribution in [0.3, 0.4) is 0 Å². The van der Waals surface area contributed by atoms with Gasteiger partial charge in [0, 0.05) is 49.1 Å². The van der Waals surface area contributed by atoms with Gasteiger partial charge in [-0.1, -0.05) is 18.2 Å². The van der Waals surface area contributed by atoms with E-state index in [1.807, 2.05) is 30.6 Å². The summed E-state index contributed by atoms with van der Waals surface area (Å²) < 4.78 is 15.8. The fourth-order valence-corrected chi connectivity index (χ4v) is 4.22. The molecule has 1 atom stereocenters. The number of rotatable bonds is 3. The Bertz CT molecular complexity index is 1080. The summed E-state index contributed by atoms with van der Waals surface area (Å²) in [6.07, 6.45) is 5.11. The summed E-state index contributed by atoms with van der Waals surface area (Å²) in [6.45, 7) is 2.28. The molecule has 0 fully saturated rings. The van der Waals surface area contributed by atoms with E-state index in [1.165, 1.54) is 6.08 Å². The van der Waals surface area contributed by atoms with Gasteiger partial charge in [-0.05, 0) is 17.7 Å². The van der Waals surface area contributed by atoms with E-state index in [0.717, 1.165) is 47.4 Å². The molecule has 1 N–H and O–H groups in total. The summed E-state index contributed by atoms with van der Waals surface area (Å²) in [6, 6.07) is 10.3. The minimum absolute atomic E-state index is 0.348. The summed E-state index contributed by atoms with van der Waals surface area (Å²) in [5, 5.41) is 6.03. The fourth-order valence-electron chi connectivity index (χ4n) is 3.39. The zero-order valence-electron chi connectivity index (χ0n) is 13.8. The Labute approximate surface area is 151 Å². The number of para-hydroxylation sites is 1. The highest BCUT2D eigenvalue weighted by molar-refractivity contribution is 7.93. The van der Waals surface area contributed by atoms with Gasteiger partial charge in [0.2, 0.25) is 0 Å². The van der Waals surface area contributed by atoms with Crippen molar-refractivity contribution in [2.45, 2.75) is 19.6 Å². The lowest BCUT2D eigenvalue weighted by Crippen LogP contribution is -2.18. The van der Waals surface area contributed by atoms with Gasteiger partial charge in [0.1, 0.15) is 0 Å². The zero-order valence-corrected chi connectivity index (χ0v) is 14.6. The lowest BCUT2D eigenvalue weighted by molar-refractivity contribution is -0.114. The van der Waals surface area contributed by atoms with Crippen molar-refractivity contribution >= 4 is 32.8 Å². The lowest BCUT2D eigenvalue weighted by atomic mass is 10.1. The first kappa shape index (κ1) is 15.4. The number of pyridine rings is 1. The molecule has 0 aliphatic carbocycles. The number of benzene rings is 1. The molecule has 2 aliphatic rings. The number of hydrogen-bond acceptors (Lipinski definition) is 5. The van der Waals surface area contributed by atoms with Gasteiger partial charge >= 0.3 is 0 Å². The number of nitrogens with one attached hydrogen (secondary N) is 1. The molecule has 0 radical (unpaired) electrons. The first-order valence-electron chi connectivity index (χ1n) is 8.24. The number of carbonyl (C=O) groups excluding carboxylic acids is 1. The second kappa shape index (κ2) is 5.86. The molecule has 0 saturated heterocycles. The molecule has 0 bridgehead atoms. The van der Waals surface area contributed by atoms with Crippen LogP contribution in [0.5, 0.6) is 0 Å². The van der Waals surface area contributed by atoms with Crippen molar-refractivity contribution in [3.8, 4) is 0 Å². The Hall–Kier alpha value is -2.84. The van der Waals surface area contributed by atoms with Gasteiger partial charge in [0.15, 0.2) is 16.0 Å². The summed E-state index contributed by atoms with van der Waals surface area (Å²) in [4.78, 5) is 18.1. The normalized spacial score (nSPS) is 19.6. The standard InChI is InChI=1S/C18H15N5O2S/c24-17-6-18(26(25)21-17)23-10-14-9-22(11-16(14)20-23)8-12-5-13-3-1-2-4-15(13)19-7-12/h1-7,10H,8-9,11H2,(H,21,24). The van der Waals surface area contributed by atoms with Crippen LogP contribution >= 0.6 is 0 Å². The third-order valence-electron chi connectivity index (χ3n) is 4.56. The third-order valence-corrected chi connectivity index (χ3v) is 5.63. The van der Waals surface area contributed by atoms with Gasteiger partial charge in [-0.2, -0.15) is 5.10 Å². The van der Waals surface area contributed by atoms with Crippen LogP contribution in [0.25, 0.3) is 15.9 Å². The minimum atomic E-state index is -1.53. The predicted molar refractivity (Wildman–Crippen MR) is 97.5 cm³/mol. The maximum Gasteiger partial charge on any atom is 0.258 e. The van der Waals surface area contributed by atoms with E-state index in [9.17, 15) is 9.00 Å². The topological polar surface area (TPSA) is 80.1 Å². The van der Waals surface area contributed by atoms with Crippen molar-refractivity contribution in [1.82, 2.24) is 24.4 Å². The average Bonchev–Trinajstić information content (AvgIpc) is 3.27. The van der Waals surface area contributed by atoms with Gasteiger partial charge in [0.05, 0.1) is 11.2 Å². The summed E-state index contributed by atoms with van der Waals surface area (Å²) in [5.74, 6) is -0.348. The van der Waals surface area contributed by atoms with Crippen LogP contribution in [0, 0.1) is 0 Å². The molecule has 1 unspecified atom stereocenters. The molecule has 2 aliphatic heterocycles. The highest BCUT2D eigenvalue weighted by atomic mass is 32.2. The molecule has 0 spiro atoms. The fraction of sp³-hybridized carbons (Fsp3) is 0.167. The second-order valence-corrected chi connectivity index (χ2v) is 7.60. The van der Waals surface area contributed by atoms with Crippen molar-refractivity contribution in [1.29, 1.82) is 0 Å². The molecule has 4 heterocycles. The molecular formula is C18H15N5O2S. The van der Waals surface area contributed by atoms with Crippen molar-refractivity contribution in [3.05, 3.63) is 65.6 Å². The quantitative estimate of drug-likeness (QED) is 0.762. The maximum absolute atomic E-state index is 11.9. The first-order valence-corrected chi connectivity index (χ1v) is 9.38. The molecule has 1 aromatic carbocycles. The number of amides is 1. The third kappa shape index (κ3) is 2.63. The molecule has 8 heteroatoms. The maximum atomic E-state index is 11.9. The van der Waals surface area contributed by atoms with E-state index in [-0.39, 0.29) is 5.91 Å². The molecule has 26 heavy (non-hydrogen) atoms. The summed E-state index contributed by atoms with van der Waals surface area (Å²) in [7, 11) is -1.53. The van der Waals surface area contributed by atoms with E-state index >= 15 is 0 Å². The Kier molecular flexibility index (Phi) is 3.47. The largest absolute Gasteiger partial charge is 0.289 e. The van der Waals surface area contributed by atoms with Crippen LogP contribution in [-0.2, 0) is 35.4 Å². The lowest BCUT2D eigenvalue weighted by Gasteiger charge is -2.15. The summed E-state index contributed by atoms with van der Waals surface area (Å²) >= 11 is 0. The Balaban J connectivity index is 1.33. The van der Waals surface area contributed by atoms with Crippen molar-refractivity contribution in [3.63, 3.8) is 0 Å². The molecular weight excluding hydrogens is 350 g/mol. The van der Waals surface area contributed by atoms with Crippen LogP contribution in [-0.4, -0.2) is 29.8 Å². The van der Waals surface area contributed by atoms with E-state index < -0.39 is 11.0 Å². The predicted octanol–water partition coefficient (Wildman–Crippen LogP) is 1.54. The summed E-state index contributed by atoms with van der Waals surface area (Å²) in [5.41, 5.74) is 4.21. The van der Waals surface area contributed by atoms with E-state index in [0.29, 0.717) is 5.03 Å². The van der Waals surface area contributed by atoms with Crippen LogP contribution in [0.1, 0.15) is 16.8 Å². The van der Waals surface area contributed by atoms with E-state index in [1.54, 1.807) is 4.68 Å². The molecule has 2 aromatic heterocycles. The molecule has 130 valence electrons. The number of nitrogens with zero attached hydrogens (tertiary/aromatic N) is 4. The van der Waals surface area contributed by atoms with Crippen molar-refractivity contribution in [2.24, 2.45) is 0 Å². The van der Waals surface area contributed by atoms with Gasteiger partial charge in [-0.25, -0.2) is 8.89 Å². The van der Waals surface area contributed by atoms with E-state index in [2.05, 4.69) is 31.8 Å².